The van der Waals surface area contributed by atoms with E-state index in [1.165, 1.54) is 34.7 Å². The average molecular weight is 400 g/mol. The number of hydrogen-bond acceptors (Lipinski definition) is 4. The Morgan fingerprint density at radius 2 is 1.90 bits per heavy atom. The topological polar surface area (TPSA) is 69.4 Å². The largest absolute Gasteiger partial charge is 0.352 e. The van der Waals surface area contributed by atoms with Crippen LogP contribution in [0, 0.1) is 0 Å². The van der Waals surface area contributed by atoms with Gasteiger partial charge in [-0.3, -0.25) is 10.1 Å². The van der Waals surface area contributed by atoms with E-state index in [2.05, 4.69) is 66.6 Å². The highest BCUT2D eigenvalue weighted by Crippen LogP contribution is 2.35. The van der Waals surface area contributed by atoms with Gasteiger partial charge < -0.3 is 10.3 Å². The molecule has 5 aromatic rings. The second-order valence-corrected chi connectivity index (χ2v) is 8.52. The Kier molecular flexibility index (Phi) is 3.99. The zero-order valence-electron chi connectivity index (χ0n) is 15.9. The second-order valence-electron chi connectivity index (χ2n) is 7.74. The van der Waals surface area contributed by atoms with Crippen LogP contribution in [0.25, 0.3) is 44.3 Å². The molecule has 6 heteroatoms. The van der Waals surface area contributed by atoms with Crippen LogP contribution in [0.1, 0.15) is 24.3 Å². The fraction of sp³-hybridized carbons (Fsp3) is 0.217. The van der Waals surface area contributed by atoms with Gasteiger partial charge in [0, 0.05) is 22.5 Å². The van der Waals surface area contributed by atoms with Crippen LogP contribution in [0.3, 0.4) is 0 Å². The second kappa shape index (κ2) is 6.83. The fourth-order valence-electron chi connectivity index (χ4n) is 4.47. The number of benzene rings is 1. The van der Waals surface area contributed by atoms with Crippen LogP contribution in [0.4, 0.5) is 0 Å². The van der Waals surface area contributed by atoms with Gasteiger partial charge in [0.1, 0.15) is 5.69 Å². The molecule has 29 heavy (non-hydrogen) atoms. The number of nitrogens with zero attached hydrogens (tertiary/aromatic N) is 2. The molecule has 3 N–H and O–H groups in total. The first kappa shape index (κ1) is 16.9. The van der Waals surface area contributed by atoms with Gasteiger partial charge in [-0.05, 0) is 78.0 Å². The zero-order chi connectivity index (χ0) is 19.2. The minimum Gasteiger partial charge on any atom is -0.352 e. The third kappa shape index (κ3) is 2.87. The molecule has 0 radical (unpaired) electrons. The number of aromatic nitrogens is 4. The van der Waals surface area contributed by atoms with E-state index >= 15 is 0 Å². The Morgan fingerprint density at radius 1 is 0.966 bits per heavy atom. The number of thiophene rings is 1. The van der Waals surface area contributed by atoms with E-state index in [1.54, 1.807) is 11.3 Å². The molecular weight excluding hydrogens is 378 g/mol. The lowest BCUT2D eigenvalue weighted by molar-refractivity contribution is 0.460. The summed E-state index contributed by atoms with van der Waals surface area (Å²) in [7, 11) is 0. The standard InChI is InChI=1S/C23H21N5S/c1-2-20-18(9-15(1)14-3-6-24-7-4-14)23(28-27-20)21-10-17-19(16-5-8-29-13-16)11-25-12-22(17)26-21/h1-2,5,8-14,24,26H,3-4,6-7H2,(H,27,28). The van der Waals surface area contributed by atoms with Crippen molar-refractivity contribution < 1.29 is 0 Å². The van der Waals surface area contributed by atoms with Crippen molar-refractivity contribution in [3.63, 3.8) is 0 Å². The van der Waals surface area contributed by atoms with Crippen LogP contribution >= 0.6 is 11.3 Å². The highest BCUT2D eigenvalue weighted by atomic mass is 32.1. The molecule has 4 aromatic heterocycles. The molecular formula is C23H21N5S. The molecule has 5 heterocycles. The van der Waals surface area contributed by atoms with Crippen molar-refractivity contribution in [2.24, 2.45) is 0 Å². The molecule has 0 atom stereocenters. The molecule has 1 aromatic carbocycles. The summed E-state index contributed by atoms with van der Waals surface area (Å²) >= 11 is 1.70. The first-order chi connectivity index (χ1) is 14.4. The van der Waals surface area contributed by atoms with E-state index in [1.807, 2.05) is 12.4 Å². The third-order valence-electron chi connectivity index (χ3n) is 6.03. The molecule has 0 amide bonds. The van der Waals surface area contributed by atoms with E-state index in [4.69, 9.17) is 0 Å². The predicted molar refractivity (Wildman–Crippen MR) is 119 cm³/mol. The van der Waals surface area contributed by atoms with Crippen molar-refractivity contribution in [2.75, 3.05) is 13.1 Å². The Morgan fingerprint density at radius 3 is 2.76 bits per heavy atom. The van der Waals surface area contributed by atoms with Crippen molar-refractivity contribution in [2.45, 2.75) is 18.8 Å². The molecule has 0 unspecified atom stereocenters. The van der Waals surface area contributed by atoms with Crippen LogP contribution in [-0.2, 0) is 0 Å². The Hall–Kier alpha value is -2.96. The van der Waals surface area contributed by atoms with Gasteiger partial charge in [0.05, 0.1) is 22.9 Å². The normalized spacial score (nSPS) is 15.4. The number of fused-ring (bicyclic) bond motifs is 2. The van der Waals surface area contributed by atoms with Gasteiger partial charge in [-0.25, -0.2) is 0 Å². The lowest BCUT2D eigenvalue weighted by Gasteiger charge is -2.23. The van der Waals surface area contributed by atoms with E-state index in [-0.39, 0.29) is 0 Å². The third-order valence-corrected chi connectivity index (χ3v) is 6.71. The maximum atomic E-state index is 4.65. The summed E-state index contributed by atoms with van der Waals surface area (Å²) in [6.07, 6.45) is 6.23. The van der Waals surface area contributed by atoms with Crippen molar-refractivity contribution in [1.82, 2.24) is 25.5 Å². The Balaban J connectivity index is 1.48. The molecule has 1 saturated heterocycles. The van der Waals surface area contributed by atoms with Crippen molar-refractivity contribution in [3.05, 3.63) is 59.0 Å². The van der Waals surface area contributed by atoms with Gasteiger partial charge >= 0.3 is 0 Å². The summed E-state index contributed by atoms with van der Waals surface area (Å²) in [6, 6.07) is 11.1. The summed E-state index contributed by atoms with van der Waals surface area (Å²) < 4.78 is 0. The van der Waals surface area contributed by atoms with E-state index in [0.717, 1.165) is 41.1 Å². The minimum atomic E-state index is 0.625. The van der Waals surface area contributed by atoms with Gasteiger partial charge in [0.2, 0.25) is 0 Å². The summed E-state index contributed by atoms with van der Waals surface area (Å²) in [5.41, 5.74) is 7.89. The van der Waals surface area contributed by atoms with Crippen LogP contribution in [0.15, 0.2) is 53.5 Å². The lowest BCUT2D eigenvalue weighted by atomic mass is 9.89. The smallest absolute Gasteiger partial charge is 0.116 e. The summed E-state index contributed by atoms with van der Waals surface area (Å²) in [5, 5.41) is 17.9. The van der Waals surface area contributed by atoms with Gasteiger partial charge in [-0.1, -0.05) is 6.07 Å². The van der Waals surface area contributed by atoms with E-state index < -0.39 is 0 Å². The molecule has 1 aliphatic rings. The first-order valence-corrected chi connectivity index (χ1v) is 11.0. The highest BCUT2D eigenvalue weighted by Gasteiger charge is 2.18. The number of hydrogen-bond donors (Lipinski definition) is 3. The SMILES string of the molecule is c1cc(-c2cncc3[nH]c(-c4n[nH]c5ccc(C6CCNCC6)cc45)cc23)cs1. The fourth-order valence-corrected chi connectivity index (χ4v) is 5.13. The molecule has 0 bridgehead atoms. The Labute approximate surface area is 172 Å². The molecule has 0 aliphatic carbocycles. The van der Waals surface area contributed by atoms with Crippen molar-refractivity contribution in [1.29, 1.82) is 0 Å². The molecule has 5 nitrogen and oxygen atoms in total. The maximum absolute atomic E-state index is 4.65. The van der Waals surface area contributed by atoms with Crippen molar-refractivity contribution in [3.8, 4) is 22.5 Å². The van der Waals surface area contributed by atoms with Gasteiger partial charge in [-0.15, -0.1) is 0 Å². The number of nitrogens with one attached hydrogen (secondary N) is 3. The predicted octanol–water partition coefficient (Wildman–Crippen LogP) is 5.30. The monoisotopic (exact) mass is 399 g/mol. The van der Waals surface area contributed by atoms with Gasteiger partial charge in [0.15, 0.2) is 0 Å². The number of H-pyrrole nitrogens is 2. The number of piperidine rings is 1. The molecule has 0 spiro atoms. The first-order valence-electron chi connectivity index (χ1n) is 10.1. The zero-order valence-corrected chi connectivity index (χ0v) is 16.7. The van der Waals surface area contributed by atoms with Crippen LogP contribution in [0.5, 0.6) is 0 Å². The molecule has 144 valence electrons. The number of pyridine rings is 1. The van der Waals surface area contributed by atoms with Crippen LogP contribution in [0.2, 0.25) is 0 Å². The molecule has 1 fully saturated rings. The van der Waals surface area contributed by atoms with Crippen LogP contribution in [-0.4, -0.2) is 33.3 Å². The summed E-state index contributed by atoms with van der Waals surface area (Å²) in [5.74, 6) is 0.625. The molecule has 1 aliphatic heterocycles. The molecule has 0 saturated carbocycles. The Bertz CT molecular complexity index is 1290. The quantitative estimate of drug-likeness (QED) is 0.385. The van der Waals surface area contributed by atoms with Gasteiger partial charge in [0.25, 0.3) is 0 Å². The lowest BCUT2D eigenvalue weighted by Crippen LogP contribution is -2.26. The maximum Gasteiger partial charge on any atom is 0.116 e. The number of aromatic amines is 2. The van der Waals surface area contributed by atoms with E-state index in [9.17, 15) is 0 Å². The summed E-state index contributed by atoms with van der Waals surface area (Å²) in [6.45, 7) is 2.20. The average Bonchev–Trinajstić information content (AvgIpc) is 3.52. The number of rotatable bonds is 3. The summed E-state index contributed by atoms with van der Waals surface area (Å²) in [4.78, 5) is 7.98. The van der Waals surface area contributed by atoms with Crippen molar-refractivity contribution >= 4 is 33.1 Å². The van der Waals surface area contributed by atoms with Crippen LogP contribution < -0.4 is 5.32 Å². The highest BCUT2D eigenvalue weighted by molar-refractivity contribution is 7.08. The minimum absolute atomic E-state index is 0.625. The van der Waals surface area contributed by atoms with E-state index in [0.29, 0.717) is 5.92 Å². The van der Waals surface area contributed by atoms with Gasteiger partial charge in [-0.2, -0.15) is 16.4 Å². The molecule has 6 rings (SSSR count).